The van der Waals surface area contributed by atoms with E-state index in [1.54, 1.807) is 0 Å². The third-order valence-corrected chi connectivity index (χ3v) is 5.59. The lowest BCUT2D eigenvalue weighted by Crippen LogP contribution is -2.38. The summed E-state index contributed by atoms with van der Waals surface area (Å²) in [6.07, 6.45) is 5.36. The fourth-order valence-electron chi connectivity index (χ4n) is 3.61. The van der Waals surface area contributed by atoms with E-state index in [4.69, 9.17) is 0 Å². The van der Waals surface area contributed by atoms with E-state index in [2.05, 4.69) is 79.9 Å². The van der Waals surface area contributed by atoms with Crippen LogP contribution in [-0.2, 0) is 6.42 Å². The molecule has 0 saturated heterocycles. The monoisotopic (exact) mass is 399 g/mol. The number of nitrogens with one attached hydrogen (secondary N) is 1. The van der Waals surface area contributed by atoms with Gasteiger partial charge < -0.3 is 5.32 Å². The van der Waals surface area contributed by atoms with Crippen molar-refractivity contribution in [3.63, 3.8) is 0 Å². The number of benzene rings is 1. The van der Waals surface area contributed by atoms with E-state index in [1.807, 2.05) is 0 Å². The van der Waals surface area contributed by atoms with Gasteiger partial charge in [0.25, 0.3) is 0 Å². The van der Waals surface area contributed by atoms with Crippen molar-refractivity contribution in [2.45, 2.75) is 59.4 Å². The first-order chi connectivity index (χ1) is 9.85. The minimum atomic E-state index is 0.516. The van der Waals surface area contributed by atoms with Crippen LogP contribution in [0.4, 0.5) is 0 Å². The van der Waals surface area contributed by atoms with Gasteiger partial charge in [-0.1, -0.05) is 39.8 Å². The second-order valence-electron chi connectivity index (χ2n) is 7.82. The summed E-state index contributed by atoms with van der Waals surface area (Å²) < 4.78 is 1.33. The molecule has 1 aliphatic rings. The van der Waals surface area contributed by atoms with Gasteiger partial charge in [0.05, 0.1) is 0 Å². The molecule has 1 aromatic carbocycles. The smallest absolute Gasteiger partial charge is 0.0130 e. The molecule has 1 fully saturated rings. The third kappa shape index (κ3) is 5.55. The van der Waals surface area contributed by atoms with Gasteiger partial charge in [0.1, 0.15) is 0 Å². The summed E-state index contributed by atoms with van der Waals surface area (Å²) in [6.45, 7) is 10.6. The van der Waals surface area contributed by atoms with Crippen LogP contribution in [0.3, 0.4) is 0 Å². The maximum Gasteiger partial charge on any atom is 0.0130 e. The topological polar surface area (TPSA) is 12.0 Å². The van der Waals surface area contributed by atoms with Gasteiger partial charge in [0.15, 0.2) is 0 Å². The average molecular weight is 399 g/mol. The summed E-state index contributed by atoms with van der Waals surface area (Å²) in [6, 6.07) is 9.71. The minimum absolute atomic E-state index is 0.516. The van der Waals surface area contributed by atoms with Crippen molar-refractivity contribution in [3.05, 3.63) is 33.4 Å². The lowest BCUT2D eigenvalue weighted by Gasteiger charge is -2.41. The van der Waals surface area contributed by atoms with E-state index < -0.39 is 0 Å². The first kappa shape index (κ1) is 17.3. The summed E-state index contributed by atoms with van der Waals surface area (Å²) in [5, 5.41) is 3.67. The summed E-state index contributed by atoms with van der Waals surface area (Å²) >= 11 is 2.39. The van der Waals surface area contributed by atoms with E-state index in [0.717, 1.165) is 11.8 Å². The Balaban J connectivity index is 2.03. The number of hydrogen-bond acceptors (Lipinski definition) is 1. The zero-order valence-corrected chi connectivity index (χ0v) is 16.1. The fourth-order valence-corrected chi connectivity index (χ4v) is 3.97. The Kier molecular flexibility index (Phi) is 6.13. The molecular formula is C19H30IN. The summed E-state index contributed by atoms with van der Waals surface area (Å²) in [5.74, 6) is 1.65. The van der Waals surface area contributed by atoms with Gasteiger partial charge in [0, 0.05) is 9.61 Å². The van der Waals surface area contributed by atoms with Crippen LogP contribution in [0.5, 0.6) is 0 Å². The Bertz CT molecular complexity index is 433. The molecule has 0 bridgehead atoms. The predicted molar refractivity (Wildman–Crippen MR) is 101 cm³/mol. The van der Waals surface area contributed by atoms with Crippen LogP contribution >= 0.6 is 22.6 Å². The van der Waals surface area contributed by atoms with Gasteiger partial charge in [0.2, 0.25) is 0 Å². The standard InChI is InChI=1S/C19H30IN/c1-14(2)21-13-16-9-10-19(3,4)12-17(16)11-15-5-7-18(20)8-6-15/h5-8,14,16-17,21H,9-13H2,1-4H3. The van der Waals surface area contributed by atoms with Crippen molar-refractivity contribution in [3.8, 4) is 0 Å². The largest absolute Gasteiger partial charge is 0.314 e. The van der Waals surface area contributed by atoms with Crippen molar-refractivity contribution in [2.75, 3.05) is 6.54 Å². The Labute approximate surface area is 144 Å². The van der Waals surface area contributed by atoms with Crippen LogP contribution < -0.4 is 5.32 Å². The molecule has 2 heteroatoms. The molecular weight excluding hydrogens is 369 g/mol. The molecule has 2 atom stereocenters. The quantitative estimate of drug-likeness (QED) is 0.665. The SMILES string of the molecule is CC(C)NCC1CCC(C)(C)CC1Cc1ccc(I)cc1. The lowest BCUT2D eigenvalue weighted by atomic mass is 9.65. The molecule has 0 amide bonds. The van der Waals surface area contributed by atoms with Gasteiger partial charge in [-0.3, -0.25) is 0 Å². The third-order valence-electron chi connectivity index (χ3n) is 4.87. The van der Waals surface area contributed by atoms with Crippen LogP contribution in [0, 0.1) is 20.8 Å². The zero-order chi connectivity index (χ0) is 15.5. The molecule has 1 N–H and O–H groups in total. The molecule has 2 unspecified atom stereocenters. The first-order valence-electron chi connectivity index (χ1n) is 8.33. The van der Waals surface area contributed by atoms with E-state index in [-0.39, 0.29) is 0 Å². The second kappa shape index (κ2) is 7.45. The highest BCUT2D eigenvalue weighted by molar-refractivity contribution is 14.1. The van der Waals surface area contributed by atoms with Crippen molar-refractivity contribution in [1.29, 1.82) is 0 Å². The second-order valence-corrected chi connectivity index (χ2v) is 9.07. The maximum absolute atomic E-state index is 3.67. The molecule has 1 aliphatic carbocycles. The maximum atomic E-state index is 3.67. The van der Waals surface area contributed by atoms with Gasteiger partial charge in [-0.15, -0.1) is 0 Å². The Morgan fingerprint density at radius 3 is 2.48 bits per heavy atom. The molecule has 2 rings (SSSR count). The molecule has 0 aromatic heterocycles. The first-order valence-corrected chi connectivity index (χ1v) is 9.41. The van der Waals surface area contributed by atoms with Crippen molar-refractivity contribution < 1.29 is 0 Å². The van der Waals surface area contributed by atoms with E-state index in [9.17, 15) is 0 Å². The Morgan fingerprint density at radius 2 is 1.86 bits per heavy atom. The number of halogens is 1. The normalized spacial score (nSPS) is 25.2. The number of hydrogen-bond donors (Lipinski definition) is 1. The predicted octanol–water partition coefficient (Wildman–Crippen LogP) is 5.27. The minimum Gasteiger partial charge on any atom is -0.314 e. The highest BCUT2D eigenvalue weighted by Gasteiger charge is 2.34. The molecule has 1 saturated carbocycles. The summed E-state index contributed by atoms with van der Waals surface area (Å²) in [4.78, 5) is 0. The van der Waals surface area contributed by atoms with E-state index in [1.165, 1.54) is 41.4 Å². The van der Waals surface area contributed by atoms with E-state index in [0.29, 0.717) is 11.5 Å². The van der Waals surface area contributed by atoms with Crippen molar-refractivity contribution in [2.24, 2.45) is 17.3 Å². The molecule has 0 radical (unpaired) electrons. The fraction of sp³-hybridized carbons (Fsp3) is 0.684. The van der Waals surface area contributed by atoms with Gasteiger partial charge in [-0.05, 0) is 89.8 Å². The van der Waals surface area contributed by atoms with Gasteiger partial charge in [-0.2, -0.15) is 0 Å². The molecule has 0 heterocycles. The van der Waals surface area contributed by atoms with Crippen LogP contribution in [0.25, 0.3) is 0 Å². The highest BCUT2D eigenvalue weighted by atomic mass is 127. The number of rotatable bonds is 5. The van der Waals surface area contributed by atoms with Crippen LogP contribution in [0.2, 0.25) is 0 Å². The molecule has 0 aliphatic heterocycles. The Hall–Kier alpha value is -0.0900. The van der Waals surface area contributed by atoms with Crippen LogP contribution in [0.15, 0.2) is 24.3 Å². The van der Waals surface area contributed by atoms with Crippen LogP contribution in [0.1, 0.15) is 52.5 Å². The molecule has 118 valence electrons. The molecule has 1 nitrogen and oxygen atoms in total. The highest BCUT2D eigenvalue weighted by Crippen LogP contribution is 2.43. The van der Waals surface area contributed by atoms with Crippen molar-refractivity contribution in [1.82, 2.24) is 5.32 Å². The van der Waals surface area contributed by atoms with Crippen LogP contribution in [-0.4, -0.2) is 12.6 Å². The van der Waals surface area contributed by atoms with Gasteiger partial charge in [-0.25, -0.2) is 0 Å². The summed E-state index contributed by atoms with van der Waals surface area (Å²) in [5.41, 5.74) is 2.02. The average Bonchev–Trinajstić information content (AvgIpc) is 2.39. The molecule has 21 heavy (non-hydrogen) atoms. The van der Waals surface area contributed by atoms with Crippen molar-refractivity contribution >= 4 is 22.6 Å². The van der Waals surface area contributed by atoms with E-state index >= 15 is 0 Å². The Morgan fingerprint density at radius 1 is 1.19 bits per heavy atom. The zero-order valence-electron chi connectivity index (χ0n) is 14.0. The summed E-state index contributed by atoms with van der Waals surface area (Å²) in [7, 11) is 0. The molecule has 1 aromatic rings. The molecule has 0 spiro atoms. The van der Waals surface area contributed by atoms with Gasteiger partial charge >= 0.3 is 0 Å². The lowest BCUT2D eigenvalue weighted by molar-refractivity contribution is 0.114.